The van der Waals surface area contributed by atoms with E-state index in [0.29, 0.717) is 0 Å². The number of hydrogen-bond donors (Lipinski definition) is 1. The molecule has 0 bridgehead atoms. The number of alkyl halides is 1. The Bertz CT molecular complexity index is 147. The molecule has 11 heavy (non-hydrogen) atoms. The molecule has 0 aliphatic heterocycles. The van der Waals surface area contributed by atoms with Gasteiger partial charge >= 0.3 is 0 Å². The van der Waals surface area contributed by atoms with Crippen LogP contribution in [0.5, 0.6) is 0 Å². The smallest absolute Gasteiger partial charge is 0.234 e. The van der Waals surface area contributed by atoms with Crippen molar-refractivity contribution in [3.63, 3.8) is 0 Å². The van der Waals surface area contributed by atoms with Gasteiger partial charge in [-0.15, -0.1) is 6.58 Å². The first-order valence-corrected chi connectivity index (χ1v) is 4.60. The third-order valence-electron chi connectivity index (χ3n) is 1.37. The Morgan fingerprint density at radius 3 is 2.73 bits per heavy atom. The highest BCUT2D eigenvalue weighted by Gasteiger charge is 2.12. The average Bonchev–Trinajstić information content (AvgIpc) is 2.02. The van der Waals surface area contributed by atoms with Crippen LogP contribution in [0.3, 0.4) is 0 Å². The molecule has 0 aliphatic rings. The quantitative estimate of drug-likeness (QED) is 0.568. The van der Waals surface area contributed by atoms with Crippen molar-refractivity contribution in [2.45, 2.75) is 31.1 Å². The molecule has 1 amide bonds. The third-order valence-corrected chi connectivity index (χ3v) is 2.43. The lowest BCUT2D eigenvalue weighted by molar-refractivity contribution is -0.120. The van der Waals surface area contributed by atoms with E-state index in [1.54, 1.807) is 6.08 Å². The predicted molar refractivity (Wildman–Crippen MR) is 50.8 cm³/mol. The summed E-state index contributed by atoms with van der Waals surface area (Å²) < 4.78 is 0. The van der Waals surface area contributed by atoms with Crippen molar-refractivity contribution in [1.82, 2.24) is 5.32 Å². The van der Waals surface area contributed by atoms with E-state index in [4.69, 9.17) is 0 Å². The van der Waals surface area contributed by atoms with Crippen LogP contribution in [0.4, 0.5) is 0 Å². The molecule has 0 rings (SSSR count). The maximum Gasteiger partial charge on any atom is 0.234 e. The second-order valence-electron chi connectivity index (χ2n) is 2.41. The van der Waals surface area contributed by atoms with Crippen molar-refractivity contribution in [2.75, 3.05) is 0 Å². The van der Waals surface area contributed by atoms with Crippen LogP contribution in [-0.4, -0.2) is 16.8 Å². The van der Waals surface area contributed by atoms with Crippen LogP contribution < -0.4 is 5.32 Å². The lowest BCUT2D eigenvalue weighted by Crippen LogP contribution is -2.36. The molecule has 0 saturated heterocycles. The molecular formula is C8H14BrNO. The summed E-state index contributed by atoms with van der Waals surface area (Å²) in [5.41, 5.74) is 0. The summed E-state index contributed by atoms with van der Waals surface area (Å²) in [5.74, 6) is 0.0277. The van der Waals surface area contributed by atoms with Crippen LogP contribution in [0.15, 0.2) is 12.7 Å². The summed E-state index contributed by atoms with van der Waals surface area (Å²) in [7, 11) is 0. The predicted octanol–water partition coefficient (Wildman–Crippen LogP) is 1.85. The van der Waals surface area contributed by atoms with Gasteiger partial charge < -0.3 is 5.32 Å². The maximum absolute atomic E-state index is 11.1. The van der Waals surface area contributed by atoms with E-state index in [9.17, 15) is 4.79 Å². The normalized spacial score (nSPS) is 15.2. The topological polar surface area (TPSA) is 29.1 Å². The first-order chi connectivity index (χ1) is 5.11. The molecule has 0 aliphatic carbocycles. The van der Waals surface area contributed by atoms with Crippen LogP contribution >= 0.6 is 15.9 Å². The lowest BCUT2D eigenvalue weighted by Gasteiger charge is -2.11. The van der Waals surface area contributed by atoms with Crippen LogP contribution in [0, 0.1) is 0 Å². The van der Waals surface area contributed by atoms with Crippen molar-refractivity contribution in [1.29, 1.82) is 0 Å². The van der Waals surface area contributed by atoms with Crippen LogP contribution in [-0.2, 0) is 4.79 Å². The monoisotopic (exact) mass is 219 g/mol. The van der Waals surface area contributed by atoms with Gasteiger partial charge in [0.05, 0.1) is 4.83 Å². The zero-order chi connectivity index (χ0) is 8.85. The third kappa shape index (κ3) is 4.19. The van der Waals surface area contributed by atoms with Crippen molar-refractivity contribution < 1.29 is 4.79 Å². The lowest BCUT2D eigenvalue weighted by atomic mass is 10.3. The van der Waals surface area contributed by atoms with Crippen molar-refractivity contribution in [3.8, 4) is 0 Å². The van der Waals surface area contributed by atoms with Crippen LogP contribution in [0.1, 0.15) is 20.3 Å². The zero-order valence-electron chi connectivity index (χ0n) is 6.93. The fraction of sp³-hybridized carbons (Fsp3) is 0.625. The minimum Gasteiger partial charge on any atom is -0.349 e. The molecule has 2 atom stereocenters. The molecule has 2 unspecified atom stereocenters. The largest absolute Gasteiger partial charge is 0.349 e. The molecule has 64 valence electrons. The van der Waals surface area contributed by atoms with E-state index in [1.165, 1.54) is 0 Å². The number of hydrogen-bond acceptors (Lipinski definition) is 1. The number of carbonyl (C=O) groups excluding carboxylic acids is 1. The molecule has 0 aromatic rings. The summed E-state index contributed by atoms with van der Waals surface area (Å²) >= 11 is 3.25. The number of carbonyl (C=O) groups is 1. The SMILES string of the molecule is C=CC(C)NC(=O)C(Br)CC. The second kappa shape index (κ2) is 5.35. The molecule has 0 aromatic heterocycles. The Morgan fingerprint density at radius 1 is 1.82 bits per heavy atom. The average molecular weight is 220 g/mol. The Kier molecular flexibility index (Phi) is 5.20. The fourth-order valence-electron chi connectivity index (χ4n) is 0.559. The molecule has 0 fully saturated rings. The summed E-state index contributed by atoms with van der Waals surface area (Å²) in [4.78, 5) is 11.1. The molecule has 0 heterocycles. The van der Waals surface area contributed by atoms with Crippen LogP contribution in [0.2, 0.25) is 0 Å². The van der Waals surface area contributed by atoms with Crippen LogP contribution in [0.25, 0.3) is 0 Å². The van der Waals surface area contributed by atoms with E-state index in [0.717, 1.165) is 6.42 Å². The van der Waals surface area contributed by atoms with Gasteiger partial charge in [0.25, 0.3) is 0 Å². The maximum atomic E-state index is 11.1. The van der Waals surface area contributed by atoms with E-state index >= 15 is 0 Å². The first-order valence-electron chi connectivity index (χ1n) is 3.68. The summed E-state index contributed by atoms with van der Waals surface area (Å²) in [6.45, 7) is 7.41. The highest BCUT2D eigenvalue weighted by Crippen LogP contribution is 2.04. The second-order valence-corrected chi connectivity index (χ2v) is 3.51. The highest BCUT2D eigenvalue weighted by molar-refractivity contribution is 9.10. The van der Waals surface area contributed by atoms with Gasteiger partial charge in [-0.1, -0.05) is 28.9 Å². The Hall–Kier alpha value is -0.310. The Morgan fingerprint density at radius 2 is 2.36 bits per heavy atom. The van der Waals surface area contributed by atoms with Gasteiger partial charge in [-0.05, 0) is 13.3 Å². The van der Waals surface area contributed by atoms with Crippen molar-refractivity contribution in [3.05, 3.63) is 12.7 Å². The number of nitrogens with one attached hydrogen (secondary N) is 1. The van der Waals surface area contributed by atoms with E-state index in [1.807, 2.05) is 13.8 Å². The first kappa shape index (κ1) is 10.7. The van der Waals surface area contributed by atoms with E-state index < -0.39 is 0 Å². The van der Waals surface area contributed by atoms with Gasteiger partial charge in [0, 0.05) is 6.04 Å². The van der Waals surface area contributed by atoms with Gasteiger partial charge in [-0.2, -0.15) is 0 Å². The number of halogens is 1. The summed E-state index contributed by atoms with van der Waals surface area (Å²) in [6, 6.07) is 0.0501. The van der Waals surface area contributed by atoms with Gasteiger partial charge in [0.2, 0.25) is 5.91 Å². The minimum atomic E-state index is -0.0788. The van der Waals surface area contributed by atoms with Crippen molar-refractivity contribution in [2.24, 2.45) is 0 Å². The highest BCUT2D eigenvalue weighted by atomic mass is 79.9. The van der Waals surface area contributed by atoms with E-state index in [2.05, 4.69) is 27.8 Å². The molecule has 2 nitrogen and oxygen atoms in total. The number of rotatable bonds is 4. The fourth-order valence-corrected chi connectivity index (χ4v) is 0.691. The van der Waals surface area contributed by atoms with E-state index in [-0.39, 0.29) is 16.8 Å². The molecule has 0 saturated carbocycles. The van der Waals surface area contributed by atoms with Crippen molar-refractivity contribution >= 4 is 21.8 Å². The Balaban J connectivity index is 3.76. The van der Waals surface area contributed by atoms with Gasteiger partial charge in [0.15, 0.2) is 0 Å². The Labute approximate surface area is 76.2 Å². The molecule has 0 spiro atoms. The summed E-state index contributed by atoms with van der Waals surface area (Å²) in [6.07, 6.45) is 2.50. The zero-order valence-corrected chi connectivity index (χ0v) is 8.52. The van der Waals surface area contributed by atoms with Gasteiger partial charge in [-0.25, -0.2) is 0 Å². The summed E-state index contributed by atoms with van der Waals surface area (Å²) in [5, 5.41) is 2.78. The molecule has 1 N–H and O–H groups in total. The molecule has 3 heteroatoms. The standard InChI is InChI=1S/C8H14BrNO/c1-4-6(3)10-8(11)7(9)5-2/h4,6-7H,1,5H2,2-3H3,(H,10,11). The van der Waals surface area contributed by atoms with Gasteiger partial charge in [0.1, 0.15) is 0 Å². The molecular weight excluding hydrogens is 206 g/mol. The molecule has 0 aromatic carbocycles. The number of amides is 1. The van der Waals surface area contributed by atoms with Gasteiger partial charge in [-0.3, -0.25) is 4.79 Å². The molecule has 0 radical (unpaired) electrons. The minimum absolute atomic E-state index is 0.0277.